The van der Waals surface area contributed by atoms with E-state index in [1.165, 1.54) is 0 Å². The fraction of sp³-hybridized carbons (Fsp3) is 0.556. The smallest absolute Gasteiger partial charge is 0.407 e. The van der Waals surface area contributed by atoms with Crippen molar-refractivity contribution in [3.63, 3.8) is 0 Å². The number of guanidine groups is 1. The van der Waals surface area contributed by atoms with Gasteiger partial charge in [-0.3, -0.25) is 4.99 Å². The Balaban J connectivity index is 0.00000625. The molecule has 0 radical (unpaired) electrons. The van der Waals surface area contributed by atoms with E-state index in [1.807, 2.05) is 63.1 Å². The fourth-order valence-electron chi connectivity index (χ4n) is 1.96. The second kappa shape index (κ2) is 12.6. The van der Waals surface area contributed by atoms with Crippen LogP contribution in [-0.4, -0.2) is 62.9 Å². The topological polar surface area (TPSA) is 75.2 Å². The van der Waals surface area contributed by atoms with Gasteiger partial charge in [-0.1, -0.05) is 18.2 Å². The number of hydrogen-bond donors (Lipinski definition) is 2. The summed E-state index contributed by atoms with van der Waals surface area (Å²) in [5.74, 6) is 1.59. The van der Waals surface area contributed by atoms with E-state index in [9.17, 15) is 4.79 Å². The molecular weight excluding hydrogens is 447 g/mol. The lowest BCUT2D eigenvalue weighted by atomic mass is 10.2. The van der Waals surface area contributed by atoms with Crippen molar-refractivity contribution in [1.29, 1.82) is 0 Å². The summed E-state index contributed by atoms with van der Waals surface area (Å²) in [5.41, 5.74) is -0.494. The highest BCUT2D eigenvalue weighted by atomic mass is 127. The lowest BCUT2D eigenvalue weighted by Crippen LogP contribution is -2.44. The molecule has 1 amide bonds. The number of likely N-dealkylation sites (N-methyl/N-ethyl adjacent to an activating group) is 1. The summed E-state index contributed by atoms with van der Waals surface area (Å²) in [6, 6.07) is 9.69. The average Bonchev–Trinajstić information content (AvgIpc) is 2.54. The van der Waals surface area contributed by atoms with Crippen LogP contribution in [0.15, 0.2) is 35.3 Å². The quantitative estimate of drug-likeness (QED) is 0.273. The molecule has 0 aromatic heterocycles. The van der Waals surface area contributed by atoms with Gasteiger partial charge in [0.2, 0.25) is 0 Å². The van der Waals surface area contributed by atoms with E-state index in [0.717, 1.165) is 11.7 Å². The van der Waals surface area contributed by atoms with Gasteiger partial charge in [0.15, 0.2) is 5.96 Å². The van der Waals surface area contributed by atoms with Gasteiger partial charge in [0.25, 0.3) is 0 Å². The lowest BCUT2D eigenvalue weighted by Gasteiger charge is -2.23. The van der Waals surface area contributed by atoms with Gasteiger partial charge < -0.3 is 25.0 Å². The number of amides is 1. The van der Waals surface area contributed by atoms with Crippen molar-refractivity contribution in [2.75, 3.05) is 40.3 Å². The molecule has 2 N–H and O–H groups in total. The second-order valence-corrected chi connectivity index (χ2v) is 6.49. The van der Waals surface area contributed by atoms with Gasteiger partial charge in [-0.2, -0.15) is 0 Å². The zero-order valence-corrected chi connectivity index (χ0v) is 18.6. The first-order valence-corrected chi connectivity index (χ1v) is 8.38. The molecule has 0 unspecified atom stereocenters. The SMILES string of the molecule is CN=C(NCCNC(=O)OC(C)(C)C)N(C)CCOc1ccccc1.I. The Bertz CT molecular complexity index is 547. The van der Waals surface area contributed by atoms with Crippen LogP contribution in [0.3, 0.4) is 0 Å². The number of benzene rings is 1. The van der Waals surface area contributed by atoms with Gasteiger partial charge in [0, 0.05) is 27.2 Å². The van der Waals surface area contributed by atoms with Gasteiger partial charge in [-0.25, -0.2) is 4.79 Å². The fourth-order valence-corrected chi connectivity index (χ4v) is 1.96. The summed E-state index contributed by atoms with van der Waals surface area (Å²) in [6.45, 7) is 7.74. The summed E-state index contributed by atoms with van der Waals surface area (Å²) in [4.78, 5) is 17.8. The van der Waals surface area contributed by atoms with E-state index in [1.54, 1.807) is 7.05 Å². The first kappa shape index (κ1) is 24.3. The third-order valence-corrected chi connectivity index (χ3v) is 3.09. The molecule has 0 spiro atoms. The summed E-state index contributed by atoms with van der Waals surface area (Å²) in [6.07, 6.45) is -0.422. The summed E-state index contributed by atoms with van der Waals surface area (Å²) in [7, 11) is 3.66. The highest BCUT2D eigenvalue weighted by Crippen LogP contribution is 2.08. The Hall–Kier alpha value is -1.71. The number of aliphatic imine (C=N–C) groups is 1. The van der Waals surface area contributed by atoms with Crippen molar-refractivity contribution in [2.45, 2.75) is 26.4 Å². The standard InChI is InChI=1S/C18H30N4O3.HI/c1-18(2,3)25-17(23)21-12-11-20-16(19-4)22(5)13-14-24-15-9-7-6-8-10-15;/h6-10H,11-14H2,1-5H3,(H,19,20)(H,21,23);1H. The zero-order valence-electron chi connectivity index (χ0n) is 16.2. The molecule has 26 heavy (non-hydrogen) atoms. The number of nitrogens with one attached hydrogen (secondary N) is 2. The molecule has 0 fully saturated rings. The number of alkyl carbamates (subject to hydrolysis) is 1. The Morgan fingerprint density at radius 1 is 1.15 bits per heavy atom. The van der Waals surface area contributed by atoms with Crippen LogP contribution in [0.1, 0.15) is 20.8 Å². The first-order chi connectivity index (χ1) is 11.8. The summed E-state index contributed by atoms with van der Waals surface area (Å²) >= 11 is 0. The van der Waals surface area contributed by atoms with E-state index < -0.39 is 11.7 Å². The third kappa shape index (κ3) is 11.0. The number of halogens is 1. The molecule has 148 valence electrons. The van der Waals surface area contributed by atoms with Gasteiger partial charge in [-0.05, 0) is 32.9 Å². The van der Waals surface area contributed by atoms with Crippen LogP contribution >= 0.6 is 24.0 Å². The average molecular weight is 478 g/mol. The molecule has 1 aromatic rings. The Morgan fingerprint density at radius 2 is 1.77 bits per heavy atom. The monoisotopic (exact) mass is 478 g/mol. The number of hydrogen-bond acceptors (Lipinski definition) is 4. The largest absolute Gasteiger partial charge is 0.492 e. The summed E-state index contributed by atoms with van der Waals surface area (Å²) in [5, 5.41) is 5.89. The predicted molar refractivity (Wildman–Crippen MR) is 116 cm³/mol. The van der Waals surface area contributed by atoms with Crippen molar-refractivity contribution < 1.29 is 14.3 Å². The third-order valence-electron chi connectivity index (χ3n) is 3.09. The molecule has 8 heteroatoms. The minimum absolute atomic E-state index is 0. The van der Waals surface area contributed by atoms with E-state index >= 15 is 0 Å². The molecule has 7 nitrogen and oxygen atoms in total. The van der Waals surface area contributed by atoms with Crippen LogP contribution in [-0.2, 0) is 4.74 Å². The van der Waals surface area contributed by atoms with Gasteiger partial charge in [0.1, 0.15) is 18.0 Å². The van der Waals surface area contributed by atoms with Crippen LogP contribution < -0.4 is 15.4 Å². The molecular formula is C18H31IN4O3. The number of carbonyl (C=O) groups excluding carboxylic acids is 1. The lowest BCUT2D eigenvalue weighted by molar-refractivity contribution is 0.0529. The molecule has 0 aliphatic carbocycles. The minimum atomic E-state index is -0.494. The number of carbonyl (C=O) groups is 1. The molecule has 0 aliphatic heterocycles. The molecule has 0 bridgehead atoms. The van der Waals surface area contributed by atoms with E-state index in [-0.39, 0.29) is 24.0 Å². The van der Waals surface area contributed by atoms with E-state index in [4.69, 9.17) is 9.47 Å². The molecule has 0 heterocycles. The van der Waals surface area contributed by atoms with E-state index in [0.29, 0.717) is 26.2 Å². The van der Waals surface area contributed by atoms with Crippen molar-refractivity contribution in [2.24, 2.45) is 4.99 Å². The molecule has 0 aliphatic rings. The molecule has 1 rings (SSSR count). The van der Waals surface area contributed by atoms with Crippen molar-refractivity contribution in [3.05, 3.63) is 30.3 Å². The van der Waals surface area contributed by atoms with Crippen molar-refractivity contribution >= 4 is 36.0 Å². The molecule has 1 aromatic carbocycles. The van der Waals surface area contributed by atoms with Crippen LogP contribution in [0.25, 0.3) is 0 Å². The Morgan fingerprint density at radius 3 is 2.35 bits per heavy atom. The number of para-hydroxylation sites is 1. The summed E-state index contributed by atoms with van der Waals surface area (Å²) < 4.78 is 10.9. The molecule has 0 atom stereocenters. The van der Waals surface area contributed by atoms with Crippen LogP contribution in [0.5, 0.6) is 5.75 Å². The van der Waals surface area contributed by atoms with Crippen LogP contribution in [0.4, 0.5) is 4.79 Å². The normalized spacial score (nSPS) is 11.2. The predicted octanol–water partition coefficient (Wildman–Crippen LogP) is 2.72. The molecule has 0 saturated heterocycles. The maximum Gasteiger partial charge on any atom is 0.407 e. The van der Waals surface area contributed by atoms with Gasteiger partial charge in [-0.15, -0.1) is 24.0 Å². The van der Waals surface area contributed by atoms with Crippen LogP contribution in [0, 0.1) is 0 Å². The number of ether oxygens (including phenoxy) is 2. The van der Waals surface area contributed by atoms with Crippen molar-refractivity contribution in [1.82, 2.24) is 15.5 Å². The van der Waals surface area contributed by atoms with E-state index in [2.05, 4.69) is 15.6 Å². The highest BCUT2D eigenvalue weighted by molar-refractivity contribution is 14.0. The maximum absolute atomic E-state index is 11.6. The van der Waals surface area contributed by atoms with Gasteiger partial charge >= 0.3 is 6.09 Å². The maximum atomic E-state index is 11.6. The second-order valence-electron chi connectivity index (χ2n) is 6.49. The highest BCUT2D eigenvalue weighted by Gasteiger charge is 2.15. The Labute approximate surface area is 173 Å². The zero-order chi connectivity index (χ0) is 18.7. The van der Waals surface area contributed by atoms with Crippen molar-refractivity contribution in [3.8, 4) is 5.75 Å². The first-order valence-electron chi connectivity index (χ1n) is 8.38. The minimum Gasteiger partial charge on any atom is -0.492 e. The van der Waals surface area contributed by atoms with Gasteiger partial charge in [0.05, 0.1) is 6.54 Å². The number of nitrogens with zero attached hydrogens (tertiary/aromatic N) is 2. The number of rotatable bonds is 7. The van der Waals surface area contributed by atoms with Crippen LogP contribution in [0.2, 0.25) is 0 Å². The Kier molecular flexibility index (Phi) is 11.8. The molecule has 0 saturated carbocycles.